The lowest BCUT2D eigenvalue weighted by Crippen LogP contribution is -2.58. The summed E-state index contributed by atoms with van der Waals surface area (Å²) < 4.78 is 10.7. The van der Waals surface area contributed by atoms with Gasteiger partial charge >= 0.3 is 6.03 Å². The molecule has 3 N–H and O–H groups in total. The van der Waals surface area contributed by atoms with Gasteiger partial charge in [0, 0.05) is 19.5 Å². The molecule has 45 heavy (non-hydrogen) atoms. The molecule has 10 nitrogen and oxygen atoms in total. The number of nitrogens with one attached hydrogen (secondary N) is 3. The van der Waals surface area contributed by atoms with Gasteiger partial charge < -0.3 is 30.3 Å². The lowest BCUT2D eigenvalue weighted by Gasteiger charge is -2.30. The zero-order valence-corrected chi connectivity index (χ0v) is 25.9. The topological polar surface area (TPSA) is 129 Å². The van der Waals surface area contributed by atoms with Gasteiger partial charge in [-0.15, -0.1) is 0 Å². The van der Waals surface area contributed by atoms with Crippen LogP contribution in [0.1, 0.15) is 36.1 Å². The van der Waals surface area contributed by atoms with E-state index < -0.39 is 35.5 Å². The molecule has 4 amide bonds. The van der Waals surface area contributed by atoms with Crippen LogP contribution in [0.5, 0.6) is 5.75 Å². The van der Waals surface area contributed by atoms with Gasteiger partial charge in [0.1, 0.15) is 23.4 Å². The molecule has 236 valence electrons. The van der Waals surface area contributed by atoms with Gasteiger partial charge in [-0.25, -0.2) is 4.79 Å². The molecule has 0 radical (unpaired) electrons. The number of carbonyl (C=O) groups is 4. The zero-order valence-electron chi connectivity index (χ0n) is 25.9. The number of carbonyl (C=O) groups excluding carboxylic acids is 4. The lowest BCUT2D eigenvalue weighted by atomic mass is 9.94. The predicted molar refractivity (Wildman–Crippen MR) is 169 cm³/mol. The van der Waals surface area contributed by atoms with Crippen molar-refractivity contribution >= 4 is 23.6 Å². The van der Waals surface area contributed by atoms with E-state index in [1.165, 1.54) is 5.56 Å². The Morgan fingerprint density at radius 3 is 2.09 bits per heavy atom. The molecule has 1 saturated heterocycles. The van der Waals surface area contributed by atoms with Crippen molar-refractivity contribution in [2.45, 2.75) is 63.4 Å². The van der Waals surface area contributed by atoms with Crippen LogP contribution in [0.25, 0.3) is 0 Å². The zero-order chi connectivity index (χ0) is 32.0. The first-order valence-corrected chi connectivity index (χ1v) is 15.2. The second kappa shape index (κ2) is 13.9. The maximum Gasteiger partial charge on any atom is 0.318 e. The van der Waals surface area contributed by atoms with Crippen LogP contribution in [0.4, 0.5) is 4.79 Å². The number of epoxide rings is 1. The van der Waals surface area contributed by atoms with E-state index in [1.807, 2.05) is 60.7 Å². The summed E-state index contributed by atoms with van der Waals surface area (Å²) in [6.07, 6.45) is 1.17. The fourth-order valence-electron chi connectivity index (χ4n) is 5.46. The van der Waals surface area contributed by atoms with E-state index in [4.69, 9.17) is 9.47 Å². The SMILES string of the molecule is COc1ccc(C[C@H](NC(=O)[C@@H](C)NC(=O)N2CCc3ccccc3C2)C(=O)N[C@@H](Cc2ccccc2)C(=O)[C@@]2(C)CO2)cc1. The van der Waals surface area contributed by atoms with E-state index in [-0.39, 0.29) is 24.7 Å². The second-order valence-corrected chi connectivity index (χ2v) is 11.9. The summed E-state index contributed by atoms with van der Waals surface area (Å²) in [5.41, 5.74) is 3.01. The van der Waals surface area contributed by atoms with E-state index in [0.717, 1.165) is 23.1 Å². The Morgan fingerprint density at radius 1 is 0.822 bits per heavy atom. The van der Waals surface area contributed by atoms with Crippen molar-refractivity contribution in [3.05, 3.63) is 101 Å². The number of fused-ring (bicyclic) bond motifs is 1. The van der Waals surface area contributed by atoms with Crippen LogP contribution in [0.2, 0.25) is 0 Å². The van der Waals surface area contributed by atoms with Crippen LogP contribution in [0.3, 0.4) is 0 Å². The number of hydrogen-bond acceptors (Lipinski definition) is 6. The summed E-state index contributed by atoms with van der Waals surface area (Å²) in [6, 6.07) is 21.4. The molecule has 2 aliphatic rings. The van der Waals surface area contributed by atoms with Crippen LogP contribution in [0.15, 0.2) is 78.9 Å². The van der Waals surface area contributed by atoms with Crippen LogP contribution < -0.4 is 20.7 Å². The van der Waals surface area contributed by atoms with Crippen molar-refractivity contribution in [3.8, 4) is 5.75 Å². The van der Waals surface area contributed by atoms with Crippen molar-refractivity contribution in [1.82, 2.24) is 20.9 Å². The normalized spacial score (nSPS) is 18.9. The minimum absolute atomic E-state index is 0.158. The maximum atomic E-state index is 13.8. The minimum atomic E-state index is -1.02. The summed E-state index contributed by atoms with van der Waals surface area (Å²) in [6.45, 7) is 4.58. The van der Waals surface area contributed by atoms with Crippen molar-refractivity contribution in [3.63, 3.8) is 0 Å². The largest absolute Gasteiger partial charge is 0.497 e. The van der Waals surface area contributed by atoms with E-state index in [0.29, 0.717) is 25.4 Å². The average Bonchev–Trinajstić information content (AvgIpc) is 3.82. The van der Waals surface area contributed by atoms with Crippen LogP contribution in [0, 0.1) is 0 Å². The van der Waals surface area contributed by atoms with Crippen LogP contribution in [-0.2, 0) is 44.9 Å². The molecular formula is C35H40N4O6. The minimum Gasteiger partial charge on any atom is -0.497 e. The Bertz CT molecular complexity index is 1520. The Kier molecular flexibility index (Phi) is 9.83. The number of hydrogen-bond donors (Lipinski definition) is 3. The summed E-state index contributed by atoms with van der Waals surface area (Å²) >= 11 is 0. The van der Waals surface area contributed by atoms with Gasteiger partial charge in [-0.1, -0.05) is 66.7 Å². The highest BCUT2D eigenvalue weighted by molar-refractivity contribution is 5.98. The number of ketones is 1. The van der Waals surface area contributed by atoms with Crippen LogP contribution in [-0.4, -0.2) is 72.5 Å². The summed E-state index contributed by atoms with van der Waals surface area (Å²) in [4.78, 5) is 55.4. The van der Waals surface area contributed by atoms with Gasteiger partial charge in [-0.2, -0.15) is 0 Å². The van der Waals surface area contributed by atoms with Gasteiger partial charge in [-0.3, -0.25) is 14.4 Å². The Balaban J connectivity index is 1.29. The highest BCUT2D eigenvalue weighted by Crippen LogP contribution is 2.29. The van der Waals surface area contributed by atoms with Crippen molar-refractivity contribution in [2.75, 3.05) is 20.3 Å². The number of methoxy groups -OCH3 is 1. The van der Waals surface area contributed by atoms with Gasteiger partial charge in [0.2, 0.25) is 11.8 Å². The summed E-state index contributed by atoms with van der Waals surface area (Å²) in [5.74, 6) is -0.591. The Labute approximate surface area is 263 Å². The second-order valence-electron chi connectivity index (χ2n) is 11.9. The lowest BCUT2D eigenvalue weighted by molar-refractivity contribution is -0.133. The Hall–Kier alpha value is -4.70. The number of Topliss-reactive ketones (excluding diaryl/α,β-unsaturated/α-hetero) is 1. The smallest absolute Gasteiger partial charge is 0.318 e. The van der Waals surface area contributed by atoms with Gasteiger partial charge in [-0.05, 0) is 61.1 Å². The molecule has 2 aliphatic heterocycles. The maximum absolute atomic E-state index is 13.8. The van der Waals surface area contributed by atoms with Gasteiger partial charge in [0.05, 0.1) is 19.8 Å². The van der Waals surface area contributed by atoms with Crippen molar-refractivity contribution in [2.24, 2.45) is 0 Å². The molecule has 0 bridgehead atoms. The Morgan fingerprint density at radius 2 is 1.42 bits per heavy atom. The number of urea groups is 1. The molecule has 0 unspecified atom stereocenters. The third kappa shape index (κ3) is 8.07. The van der Waals surface area contributed by atoms with Gasteiger partial charge in [0.25, 0.3) is 0 Å². The summed E-state index contributed by atoms with van der Waals surface area (Å²) in [7, 11) is 1.57. The molecule has 2 heterocycles. The standard InChI is InChI=1S/C35H40N4O6/c1-23(36-34(43)39-18-17-26-11-7-8-12-27(26)21-39)32(41)38-30(20-25-13-15-28(44-3)16-14-25)33(42)37-29(31(40)35(2)22-45-35)19-24-9-5-4-6-10-24/h4-16,23,29-30H,17-22H2,1-3H3,(H,36,43)(H,37,42)(H,38,41)/t23-,29+,30+,35-/m1/s1. The third-order valence-electron chi connectivity index (χ3n) is 8.40. The molecule has 3 aromatic carbocycles. The molecule has 0 spiro atoms. The molecule has 0 aromatic heterocycles. The molecule has 5 rings (SSSR count). The quantitative estimate of drug-likeness (QED) is 0.270. The number of amides is 4. The highest BCUT2D eigenvalue weighted by Gasteiger charge is 2.50. The van der Waals surface area contributed by atoms with E-state index >= 15 is 0 Å². The number of rotatable bonds is 12. The average molecular weight is 613 g/mol. The molecule has 4 atom stereocenters. The molecule has 10 heteroatoms. The summed E-state index contributed by atoms with van der Waals surface area (Å²) in [5, 5.41) is 8.50. The molecular weight excluding hydrogens is 572 g/mol. The first-order chi connectivity index (χ1) is 21.6. The molecule has 0 saturated carbocycles. The predicted octanol–water partition coefficient (Wildman–Crippen LogP) is 2.96. The van der Waals surface area contributed by atoms with Gasteiger partial charge in [0.15, 0.2) is 5.78 Å². The fraction of sp³-hybridized carbons (Fsp3) is 0.371. The highest BCUT2D eigenvalue weighted by atomic mass is 16.6. The monoisotopic (exact) mass is 612 g/mol. The van der Waals surface area contributed by atoms with Crippen molar-refractivity contribution < 1.29 is 28.7 Å². The third-order valence-corrected chi connectivity index (χ3v) is 8.40. The fourth-order valence-corrected chi connectivity index (χ4v) is 5.46. The molecule has 0 aliphatic carbocycles. The number of ether oxygens (including phenoxy) is 2. The van der Waals surface area contributed by atoms with Crippen LogP contribution >= 0.6 is 0 Å². The van der Waals surface area contributed by atoms with E-state index in [2.05, 4.69) is 22.0 Å². The molecule has 3 aromatic rings. The molecule has 1 fully saturated rings. The first kappa shape index (κ1) is 31.7. The number of nitrogens with zero attached hydrogens (tertiary/aromatic N) is 1. The van der Waals surface area contributed by atoms with Crippen molar-refractivity contribution in [1.29, 1.82) is 0 Å². The van der Waals surface area contributed by atoms with E-state index in [9.17, 15) is 19.2 Å². The van der Waals surface area contributed by atoms with E-state index in [1.54, 1.807) is 38.0 Å². The number of benzene rings is 3. The first-order valence-electron chi connectivity index (χ1n) is 15.2.